The van der Waals surface area contributed by atoms with Crippen LogP contribution in [0.5, 0.6) is 0 Å². The first-order valence-corrected chi connectivity index (χ1v) is 8.66. The third-order valence-corrected chi connectivity index (χ3v) is 5.48. The highest BCUT2D eigenvalue weighted by molar-refractivity contribution is 5.95. The summed E-state index contributed by atoms with van der Waals surface area (Å²) in [5.74, 6) is 1.04. The van der Waals surface area contributed by atoms with E-state index in [-0.39, 0.29) is 23.1 Å². The molecule has 1 aromatic rings. The lowest BCUT2D eigenvalue weighted by Gasteiger charge is -2.27. The fraction of sp³-hybridized carbons (Fsp3) is 0.588. The van der Waals surface area contributed by atoms with Crippen molar-refractivity contribution in [2.24, 2.45) is 11.3 Å². The smallest absolute Gasteiger partial charge is 0.239 e. The molecular weight excluding hydrogens is 306 g/mol. The third-order valence-electron chi connectivity index (χ3n) is 5.48. The van der Waals surface area contributed by atoms with Gasteiger partial charge in [-0.05, 0) is 49.9 Å². The van der Waals surface area contributed by atoms with Gasteiger partial charge in [0.15, 0.2) is 0 Å². The van der Waals surface area contributed by atoms with Crippen LogP contribution in [0.1, 0.15) is 19.3 Å². The summed E-state index contributed by atoms with van der Waals surface area (Å²) in [6, 6.07) is 3.73. The number of rotatable bonds is 3. The number of nitrogens with one attached hydrogen (secondary N) is 3. The van der Waals surface area contributed by atoms with Gasteiger partial charge < -0.3 is 20.9 Å². The van der Waals surface area contributed by atoms with Crippen molar-refractivity contribution in [2.75, 3.05) is 42.9 Å². The van der Waals surface area contributed by atoms with E-state index in [1.54, 1.807) is 6.20 Å². The molecule has 1 unspecified atom stereocenters. The molecule has 2 saturated heterocycles. The van der Waals surface area contributed by atoms with Crippen LogP contribution in [0.3, 0.4) is 0 Å². The van der Waals surface area contributed by atoms with Crippen LogP contribution in [0.2, 0.25) is 0 Å². The minimum atomic E-state index is 0.0152. The molecule has 7 nitrogen and oxygen atoms in total. The molecule has 2 aliphatic heterocycles. The number of amides is 2. The second kappa shape index (κ2) is 6.05. The molecular formula is C17H23N5O2. The topological polar surface area (TPSA) is 86.4 Å². The van der Waals surface area contributed by atoms with Crippen molar-refractivity contribution >= 4 is 23.3 Å². The summed E-state index contributed by atoms with van der Waals surface area (Å²) in [5.41, 5.74) is 0.963. The lowest BCUT2D eigenvalue weighted by Crippen LogP contribution is -2.48. The van der Waals surface area contributed by atoms with E-state index in [4.69, 9.17) is 0 Å². The summed E-state index contributed by atoms with van der Waals surface area (Å²) in [6.45, 7) is 3.75. The van der Waals surface area contributed by atoms with Gasteiger partial charge in [-0.2, -0.15) is 0 Å². The Labute approximate surface area is 141 Å². The zero-order chi connectivity index (χ0) is 16.6. The van der Waals surface area contributed by atoms with E-state index in [1.165, 1.54) is 0 Å². The highest BCUT2D eigenvalue weighted by Crippen LogP contribution is 2.58. The third kappa shape index (κ3) is 2.96. The van der Waals surface area contributed by atoms with Crippen LogP contribution in [0.15, 0.2) is 18.3 Å². The van der Waals surface area contributed by atoms with E-state index in [2.05, 4.69) is 20.9 Å². The van der Waals surface area contributed by atoms with Crippen molar-refractivity contribution in [2.45, 2.75) is 19.3 Å². The van der Waals surface area contributed by atoms with Crippen LogP contribution in [0.25, 0.3) is 0 Å². The molecule has 3 heterocycles. The van der Waals surface area contributed by atoms with Crippen molar-refractivity contribution in [1.82, 2.24) is 15.6 Å². The molecule has 1 spiro atoms. The standard InChI is InChI=1S/C17H23N5O2/c23-15-11-22(8-7-19-15)14-2-1-12(10-20-14)21-16(24)13-9-17(13)3-5-18-6-4-17/h1-2,10,13,18H,3-9,11H2,(H,19,23)(H,21,24). The monoisotopic (exact) mass is 329 g/mol. The van der Waals surface area contributed by atoms with E-state index < -0.39 is 0 Å². The molecule has 1 aromatic heterocycles. The molecule has 0 aromatic carbocycles. The van der Waals surface area contributed by atoms with Crippen molar-refractivity contribution in [1.29, 1.82) is 0 Å². The van der Waals surface area contributed by atoms with Crippen molar-refractivity contribution in [3.05, 3.63) is 18.3 Å². The van der Waals surface area contributed by atoms with Gasteiger partial charge in [-0.3, -0.25) is 9.59 Å². The minimum Gasteiger partial charge on any atom is -0.353 e. The number of hydrogen-bond donors (Lipinski definition) is 3. The fourth-order valence-electron chi connectivity index (χ4n) is 3.91. The zero-order valence-electron chi connectivity index (χ0n) is 13.7. The molecule has 1 aliphatic carbocycles. The number of anilines is 2. The molecule has 1 atom stereocenters. The quantitative estimate of drug-likeness (QED) is 0.745. The van der Waals surface area contributed by atoms with E-state index in [0.717, 1.165) is 50.4 Å². The van der Waals surface area contributed by atoms with Crippen LogP contribution in [-0.4, -0.2) is 49.5 Å². The van der Waals surface area contributed by atoms with Gasteiger partial charge in [0.25, 0.3) is 0 Å². The number of carbonyl (C=O) groups is 2. The Hall–Kier alpha value is -2.15. The van der Waals surface area contributed by atoms with Gasteiger partial charge in [-0.15, -0.1) is 0 Å². The van der Waals surface area contributed by atoms with Gasteiger partial charge in [0.1, 0.15) is 5.82 Å². The SMILES string of the molecule is O=C1CN(c2ccc(NC(=O)C3CC34CCNCC4)cn2)CCN1. The average Bonchev–Trinajstić information content (AvgIpc) is 3.29. The predicted molar refractivity (Wildman–Crippen MR) is 90.7 cm³/mol. The molecule has 0 bridgehead atoms. The number of aromatic nitrogens is 1. The number of pyridine rings is 1. The van der Waals surface area contributed by atoms with E-state index in [9.17, 15) is 9.59 Å². The van der Waals surface area contributed by atoms with Crippen LogP contribution in [0.4, 0.5) is 11.5 Å². The first kappa shape index (κ1) is 15.4. The molecule has 3 fully saturated rings. The van der Waals surface area contributed by atoms with Gasteiger partial charge in [0.2, 0.25) is 11.8 Å². The Morgan fingerprint density at radius 2 is 2.12 bits per heavy atom. The van der Waals surface area contributed by atoms with E-state index in [1.807, 2.05) is 17.0 Å². The van der Waals surface area contributed by atoms with Gasteiger partial charge in [0.05, 0.1) is 18.4 Å². The summed E-state index contributed by atoms with van der Waals surface area (Å²) in [4.78, 5) is 30.2. The second-order valence-corrected chi connectivity index (χ2v) is 7.03. The number of hydrogen-bond acceptors (Lipinski definition) is 5. The largest absolute Gasteiger partial charge is 0.353 e. The number of nitrogens with zero attached hydrogens (tertiary/aromatic N) is 2. The summed E-state index contributed by atoms with van der Waals surface area (Å²) >= 11 is 0. The van der Waals surface area contributed by atoms with Crippen LogP contribution in [0, 0.1) is 11.3 Å². The van der Waals surface area contributed by atoms with Crippen molar-refractivity contribution < 1.29 is 9.59 Å². The summed E-state index contributed by atoms with van der Waals surface area (Å²) < 4.78 is 0. The zero-order valence-corrected chi connectivity index (χ0v) is 13.7. The van der Waals surface area contributed by atoms with Gasteiger partial charge in [-0.25, -0.2) is 4.98 Å². The first-order chi connectivity index (χ1) is 11.7. The Balaban J connectivity index is 1.35. The normalized spacial score (nSPS) is 25.2. The van der Waals surface area contributed by atoms with Crippen LogP contribution in [-0.2, 0) is 9.59 Å². The Morgan fingerprint density at radius 3 is 2.83 bits per heavy atom. The predicted octanol–water partition coefficient (Wildman–Crippen LogP) is 0.346. The maximum Gasteiger partial charge on any atom is 0.239 e. The Morgan fingerprint density at radius 1 is 1.29 bits per heavy atom. The number of piperazine rings is 1. The molecule has 4 rings (SSSR count). The lowest BCUT2D eigenvalue weighted by atomic mass is 9.92. The van der Waals surface area contributed by atoms with Crippen molar-refractivity contribution in [3.8, 4) is 0 Å². The van der Waals surface area contributed by atoms with Crippen LogP contribution >= 0.6 is 0 Å². The summed E-state index contributed by atoms with van der Waals surface area (Å²) in [7, 11) is 0. The van der Waals surface area contributed by atoms with E-state index in [0.29, 0.717) is 13.1 Å². The molecule has 7 heteroatoms. The van der Waals surface area contributed by atoms with Gasteiger partial charge >= 0.3 is 0 Å². The molecule has 0 radical (unpaired) electrons. The maximum atomic E-state index is 12.5. The Kier molecular flexibility index (Phi) is 3.88. The molecule has 1 saturated carbocycles. The highest BCUT2D eigenvalue weighted by atomic mass is 16.2. The molecule has 128 valence electrons. The minimum absolute atomic E-state index is 0.0152. The first-order valence-electron chi connectivity index (χ1n) is 8.66. The molecule has 3 aliphatic rings. The molecule has 24 heavy (non-hydrogen) atoms. The molecule has 2 amide bonds. The van der Waals surface area contributed by atoms with Gasteiger partial charge in [-0.1, -0.05) is 0 Å². The second-order valence-electron chi connectivity index (χ2n) is 7.03. The summed E-state index contributed by atoms with van der Waals surface area (Å²) in [5, 5.41) is 9.15. The highest BCUT2D eigenvalue weighted by Gasteiger charge is 2.57. The number of piperidine rings is 1. The van der Waals surface area contributed by atoms with Crippen molar-refractivity contribution in [3.63, 3.8) is 0 Å². The molecule has 3 N–H and O–H groups in total. The van der Waals surface area contributed by atoms with Crippen LogP contribution < -0.4 is 20.9 Å². The fourth-order valence-corrected chi connectivity index (χ4v) is 3.91. The van der Waals surface area contributed by atoms with Gasteiger partial charge in [0, 0.05) is 19.0 Å². The maximum absolute atomic E-state index is 12.5. The average molecular weight is 329 g/mol. The number of carbonyl (C=O) groups excluding carboxylic acids is 2. The Bertz CT molecular complexity index is 639. The van der Waals surface area contributed by atoms with E-state index >= 15 is 0 Å². The summed E-state index contributed by atoms with van der Waals surface area (Å²) in [6.07, 6.45) is 4.88. The lowest BCUT2D eigenvalue weighted by molar-refractivity contribution is -0.120.